The Labute approximate surface area is 286 Å². The molecule has 0 radical (unpaired) electrons. The lowest BCUT2D eigenvalue weighted by atomic mass is 10.1. The minimum atomic E-state index is -4.89. The Bertz CT molecular complexity index is 2420. The van der Waals surface area contributed by atoms with Crippen molar-refractivity contribution in [2.75, 3.05) is 24.0 Å². The van der Waals surface area contributed by atoms with Crippen LogP contribution >= 0.6 is 11.6 Å². The van der Waals surface area contributed by atoms with E-state index in [1.165, 1.54) is 43.5 Å². The van der Waals surface area contributed by atoms with Crippen LogP contribution in [0.5, 0.6) is 11.5 Å². The van der Waals surface area contributed by atoms with Crippen LogP contribution in [0.1, 0.15) is 27.9 Å². The number of aromatic hydroxyl groups is 1. The number of methoxy groups -OCH3 is 1. The Morgan fingerprint density at radius 2 is 1.43 bits per heavy atom. The van der Waals surface area contributed by atoms with Gasteiger partial charge in [-0.15, -0.1) is 11.6 Å². The van der Waals surface area contributed by atoms with Crippen molar-refractivity contribution in [2.45, 2.75) is 28.0 Å². The zero-order valence-corrected chi connectivity index (χ0v) is 29.2. The Kier molecular flexibility index (Phi) is 12.1. The summed E-state index contributed by atoms with van der Waals surface area (Å²) in [5, 5.41) is 12.0. The number of phenolic OH excluding ortho intramolecular Hbond substituents is 1. The lowest BCUT2D eigenvalue weighted by Crippen LogP contribution is -2.13. The molecule has 0 atom stereocenters. The standard InChI is InChI=1S/C20H16ClNO10S3.C8H11NO4S/c21-8-7-17(33(25)26)11-1-3-12(4-2-11)20(24)22-15-5-6-18(35(30,31)32)14-9-13(34(27,28)29)10-16(23)19(14)15;1-5-3-6(9)7(13-2)4-8(5)14(10,11)12/h1-6,9-10,23H,7-8H2,(H,22,24)(H,27,28,29)(H,30,31,32);3-4H,9H2,1-2H3,(H,10,11,12). The first-order valence-electron chi connectivity index (χ1n) is 13.2. The second kappa shape index (κ2) is 15.1. The van der Waals surface area contributed by atoms with Gasteiger partial charge in [0.25, 0.3) is 36.3 Å². The fourth-order valence-corrected chi connectivity index (χ4v) is 7.27. The predicted octanol–water partition coefficient (Wildman–Crippen LogP) is 3.15. The SMILES string of the molecule is COc1cc(S(=O)(=O)O)c(C)cc1N.O=C(Nc1ccc(S(=O)(=O)O)c2cc(S(=O)(=O)O)cc(O)c12)c1ccc(C(CCCl)=S(=O)=O)cc1. The van der Waals surface area contributed by atoms with Crippen molar-refractivity contribution >= 4 is 85.2 Å². The van der Waals surface area contributed by atoms with E-state index >= 15 is 0 Å². The van der Waals surface area contributed by atoms with Gasteiger partial charge in [0.2, 0.25) is 10.3 Å². The number of hydrogen-bond acceptors (Lipinski definition) is 12. The minimum absolute atomic E-state index is 0.0540. The number of amides is 1. The predicted molar refractivity (Wildman–Crippen MR) is 180 cm³/mol. The summed E-state index contributed by atoms with van der Waals surface area (Å²) in [6, 6.07) is 11.4. The summed E-state index contributed by atoms with van der Waals surface area (Å²) in [5.74, 6) is -1.24. The number of halogens is 1. The molecular formula is C28H27ClN2O14S4. The second-order valence-electron chi connectivity index (χ2n) is 9.89. The number of nitrogens with one attached hydrogen (secondary N) is 1. The highest BCUT2D eigenvalue weighted by Crippen LogP contribution is 2.38. The van der Waals surface area contributed by atoms with E-state index in [0.29, 0.717) is 22.9 Å². The number of anilines is 2. The quantitative estimate of drug-likeness (QED) is 0.0468. The number of carbonyl (C=O) groups is 1. The highest BCUT2D eigenvalue weighted by Gasteiger charge is 2.23. The van der Waals surface area contributed by atoms with Crippen LogP contribution in [-0.4, -0.2) is 76.2 Å². The van der Waals surface area contributed by atoms with Gasteiger partial charge in [0.05, 0.1) is 28.2 Å². The molecule has 0 aliphatic carbocycles. The van der Waals surface area contributed by atoms with E-state index < -0.39 is 67.5 Å². The average Bonchev–Trinajstić information content (AvgIpc) is 2.98. The van der Waals surface area contributed by atoms with Gasteiger partial charge in [-0.2, -0.15) is 33.7 Å². The number of hydrogen-bond donors (Lipinski definition) is 6. The van der Waals surface area contributed by atoms with E-state index in [-0.39, 0.29) is 44.4 Å². The summed E-state index contributed by atoms with van der Waals surface area (Å²) in [6.07, 6.45) is 0.0835. The molecule has 0 aliphatic rings. The molecule has 16 nitrogen and oxygen atoms in total. The first-order chi connectivity index (χ1) is 22.6. The monoisotopic (exact) mass is 778 g/mol. The molecule has 0 saturated carbocycles. The van der Waals surface area contributed by atoms with Gasteiger partial charge in [0, 0.05) is 40.8 Å². The van der Waals surface area contributed by atoms with E-state index in [1.54, 1.807) is 6.92 Å². The maximum Gasteiger partial charge on any atom is 0.295 e. The summed E-state index contributed by atoms with van der Waals surface area (Å²) < 4.78 is 124. The number of fused-ring (bicyclic) bond motifs is 1. The number of nitrogen functional groups attached to an aromatic ring is 1. The summed E-state index contributed by atoms with van der Waals surface area (Å²) in [6.45, 7) is 1.54. The van der Waals surface area contributed by atoms with E-state index in [0.717, 1.165) is 18.2 Å². The molecule has 264 valence electrons. The number of carbonyl (C=O) groups excluding carboxylic acids is 1. The summed E-state index contributed by atoms with van der Waals surface area (Å²) in [7, 11) is -15.1. The van der Waals surface area contributed by atoms with Crippen molar-refractivity contribution in [3.8, 4) is 11.5 Å². The third-order valence-corrected chi connectivity index (χ3v) is 10.4. The summed E-state index contributed by atoms with van der Waals surface area (Å²) >= 11 is 5.62. The third-order valence-electron chi connectivity index (χ3n) is 6.65. The lowest BCUT2D eigenvalue weighted by Gasteiger charge is -2.14. The van der Waals surface area contributed by atoms with Gasteiger partial charge in [-0.05, 0) is 54.4 Å². The van der Waals surface area contributed by atoms with Crippen molar-refractivity contribution in [3.63, 3.8) is 0 Å². The molecule has 21 heteroatoms. The summed E-state index contributed by atoms with van der Waals surface area (Å²) in [4.78, 5) is 11.0. The Morgan fingerprint density at radius 1 is 0.857 bits per heavy atom. The highest BCUT2D eigenvalue weighted by atomic mass is 35.5. The van der Waals surface area contributed by atoms with Crippen LogP contribution in [0.4, 0.5) is 11.4 Å². The first-order valence-corrected chi connectivity index (χ1v) is 19.1. The van der Waals surface area contributed by atoms with Crippen LogP contribution in [-0.2, 0) is 40.6 Å². The largest absolute Gasteiger partial charge is 0.507 e. The van der Waals surface area contributed by atoms with E-state index in [4.69, 9.17) is 26.6 Å². The highest BCUT2D eigenvalue weighted by molar-refractivity contribution is 7.86. The van der Waals surface area contributed by atoms with E-state index in [1.807, 2.05) is 0 Å². The number of phenols is 1. The molecule has 0 fully saturated rings. The van der Waals surface area contributed by atoms with Crippen LogP contribution in [0.25, 0.3) is 10.8 Å². The van der Waals surface area contributed by atoms with Gasteiger partial charge >= 0.3 is 0 Å². The topological polar surface area (TPSA) is 282 Å². The smallest absolute Gasteiger partial charge is 0.295 e. The van der Waals surface area contributed by atoms with Crippen LogP contribution in [0.3, 0.4) is 0 Å². The molecule has 0 unspecified atom stereocenters. The third kappa shape index (κ3) is 9.45. The van der Waals surface area contributed by atoms with Crippen molar-refractivity contribution in [3.05, 3.63) is 77.4 Å². The molecule has 0 aromatic heterocycles. The minimum Gasteiger partial charge on any atom is -0.507 e. The van der Waals surface area contributed by atoms with Gasteiger partial charge in [0.15, 0.2) is 0 Å². The molecule has 0 heterocycles. The van der Waals surface area contributed by atoms with Crippen LogP contribution < -0.4 is 15.8 Å². The van der Waals surface area contributed by atoms with Crippen LogP contribution in [0, 0.1) is 6.92 Å². The van der Waals surface area contributed by atoms with Gasteiger partial charge in [-0.3, -0.25) is 18.5 Å². The molecule has 4 aromatic rings. The Hall–Kier alpha value is -4.28. The van der Waals surface area contributed by atoms with Crippen molar-refractivity contribution in [2.24, 2.45) is 0 Å². The number of nitrogens with two attached hydrogens (primary N) is 1. The van der Waals surface area contributed by atoms with Crippen molar-refractivity contribution < 1.29 is 62.0 Å². The Balaban J connectivity index is 0.000000388. The fraction of sp³-hybridized carbons (Fsp3) is 0.143. The average molecular weight is 779 g/mol. The number of alkyl halides is 1. The van der Waals surface area contributed by atoms with Crippen molar-refractivity contribution in [1.82, 2.24) is 0 Å². The Morgan fingerprint density at radius 3 is 1.92 bits per heavy atom. The molecular weight excluding hydrogens is 752 g/mol. The molecule has 1 amide bonds. The zero-order valence-electron chi connectivity index (χ0n) is 25.1. The first kappa shape index (κ1) is 39.2. The van der Waals surface area contributed by atoms with Gasteiger partial charge in [-0.1, -0.05) is 12.1 Å². The van der Waals surface area contributed by atoms with E-state index in [9.17, 15) is 52.7 Å². The molecule has 7 N–H and O–H groups in total. The van der Waals surface area contributed by atoms with Crippen LogP contribution in [0.15, 0.2) is 75.4 Å². The van der Waals surface area contributed by atoms with Crippen molar-refractivity contribution in [1.29, 1.82) is 0 Å². The number of aryl methyl sites for hydroxylation is 1. The van der Waals surface area contributed by atoms with E-state index in [2.05, 4.69) is 5.32 Å². The molecule has 0 bridgehead atoms. The molecule has 0 saturated heterocycles. The molecule has 0 aliphatic heterocycles. The number of benzene rings is 4. The summed E-state index contributed by atoms with van der Waals surface area (Å²) in [5.41, 5.74) is 6.51. The maximum atomic E-state index is 12.8. The lowest BCUT2D eigenvalue weighted by molar-refractivity contribution is 0.102. The van der Waals surface area contributed by atoms with Gasteiger partial charge in [-0.25, -0.2) is 0 Å². The van der Waals surface area contributed by atoms with Gasteiger partial charge in [0.1, 0.15) is 21.3 Å². The maximum absolute atomic E-state index is 12.8. The second-order valence-corrected chi connectivity index (χ2v) is 15.4. The number of rotatable bonds is 9. The number of ether oxygens (including phenoxy) is 1. The molecule has 0 spiro atoms. The zero-order chi connectivity index (χ0) is 37.1. The van der Waals surface area contributed by atoms with Gasteiger partial charge < -0.3 is 20.9 Å². The normalized spacial score (nSPS) is 11.7. The fourth-order valence-electron chi connectivity index (χ4n) is 4.45. The van der Waals surface area contributed by atoms with Crippen LogP contribution in [0.2, 0.25) is 0 Å². The molecule has 49 heavy (non-hydrogen) atoms. The molecule has 4 rings (SSSR count). The molecule has 4 aromatic carbocycles.